The lowest BCUT2D eigenvalue weighted by Crippen LogP contribution is -2.63. The van der Waals surface area contributed by atoms with Gasteiger partial charge in [-0.15, -0.1) is 0 Å². The van der Waals surface area contributed by atoms with Crippen LogP contribution in [-0.2, 0) is 4.74 Å². The highest BCUT2D eigenvalue weighted by Crippen LogP contribution is 2.36. The lowest BCUT2D eigenvalue weighted by molar-refractivity contribution is -0.0102. The van der Waals surface area contributed by atoms with Crippen LogP contribution in [0.4, 0.5) is 10.8 Å². The maximum absolute atomic E-state index is 12.7. The molecular weight excluding hydrogens is 434 g/mol. The number of hydrogen-bond donors (Lipinski definition) is 0. The van der Waals surface area contributed by atoms with Gasteiger partial charge in [0, 0.05) is 13.1 Å². The molecule has 1 aromatic heterocycles. The van der Waals surface area contributed by atoms with Gasteiger partial charge in [0.25, 0.3) is 6.01 Å². The van der Waals surface area contributed by atoms with Gasteiger partial charge in [-0.05, 0) is 68.1 Å². The van der Waals surface area contributed by atoms with Crippen molar-refractivity contribution in [3.63, 3.8) is 0 Å². The summed E-state index contributed by atoms with van der Waals surface area (Å²) in [4.78, 5) is 21.4. The quantitative estimate of drug-likeness (QED) is 0.588. The van der Waals surface area contributed by atoms with Gasteiger partial charge in [-0.2, -0.15) is 4.98 Å². The number of piperidine rings is 1. The maximum Gasteiger partial charge on any atom is 0.410 e. The summed E-state index contributed by atoms with van der Waals surface area (Å²) >= 11 is 9.77. The van der Waals surface area contributed by atoms with Crippen LogP contribution in [0.5, 0.6) is 0 Å². The molecule has 1 aromatic carbocycles. The Hall–Kier alpha value is -1.47. The molecule has 0 radical (unpaired) electrons. The summed E-state index contributed by atoms with van der Waals surface area (Å²) in [5, 5.41) is 0.566. The molecule has 0 saturated carbocycles. The van der Waals surface area contributed by atoms with Crippen LogP contribution in [0.3, 0.4) is 0 Å². The number of halogens is 2. The van der Waals surface area contributed by atoms with Crippen molar-refractivity contribution >= 4 is 50.7 Å². The molecule has 6 nitrogen and oxygen atoms in total. The van der Waals surface area contributed by atoms with Gasteiger partial charge < -0.3 is 14.1 Å². The van der Waals surface area contributed by atoms with Gasteiger partial charge in [-0.3, -0.25) is 4.90 Å². The Labute approximate surface area is 171 Å². The van der Waals surface area contributed by atoms with E-state index in [0.717, 1.165) is 23.7 Å². The first kappa shape index (κ1) is 18.9. The molecular formula is C19H23BrClN3O3. The predicted octanol–water partition coefficient (Wildman–Crippen LogP) is 5.22. The molecule has 27 heavy (non-hydrogen) atoms. The fourth-order valence-corrected chi connectivity index (χ4v) is 4.54. The highest BCUT2D eigenvalue weighted by Gasteiger charge is 2.43. The number of carbonyl (C=O) groups excluding carboxylic acids is 1. The molecule has 8 heteroatoms. The van der Waals surface area contributed by atoms with Crippen LogP contribution in [0.25, 0.3) is 11.1 Å². The molecule has 3 heterocycles. The third kappa shape index (κ3) is 3.63. The van der Waals surface area contributed by atoms with Crippen LogP contribution in [0.1, 0.15) is 40.0 Å². The van der Waals surface area contributed by atoms with Gasteiger partial charge in [0.1, 0.15) is 11.1 Å². The monoisotopic (exact) mass is 455 g/mol. The van der Waals surface area contributed by atoms with Crippen LogP contribution in [0.2, 0.25) is 5.02 Å². The largest absolute Gasteiger partial charge is 0.444 e. The molecule has 0 aliphatic carbocycles. The molecule has 146 valence electrons. The predicted molar refractivity (Wildman–Crippen MR) is 108 cm³/mol. The van der Waals surface area contributed by atoms with Crippen LogP contribution in [0, 0.1) is 0 Å². The zero-order valence-corrected chi connectivity index (χ0v) is 18.0. The Morgan fingerprint density at radius 1 is 1.30 bits per heavy atom. The van der Waals surface area contributed by atoms with Crippen molar-refractivity contribution in [2.24, 2.45) is 0 Å². The first-order chi connectivity index (χ1) is 12.7. The van der Waals surface area contributed by atoms with E-state index in [1.54, 1.807) is 6.07 Å². The van der Waals surface area contributed by atoms with Crippen LogP contribution < -0.4 is 4.90 Å². The molecule has 2 aliphatic heterocycles. The zero-order valence-electron chi connectivity index (χ0n) is 15.7. The number of anilines is 1. The van der Waals surface area contributed by atoms with Crippen molar-refractivity contribution in [2.45, 2.75) is 57.7 Å². The van der Waals surface area contributed by atoms with Crippen molar-refractivity contribution < 1.29 is 13.9 Å². The summed E-state index contributed by atoms with van der Waals surface area (Å²) in [6.07, 6.45) is 2.81. The van der Waals surface area contributed by atoms with Gasteiger partial charge in [0.15, 0.2) is 5.58 Å². The average Bonchev–Trinajstić information content (AvgIpc) is 3.02. The van der Waals surface area contributed by atoms with Gasteiger partial charge in [-0.1, -0.05) is 11.6 Å². The fraction of sp³-hybridized carbons (Fsp3) is 0.579. The number of piperazine rings is 1. The van der Waals surface area contributed by atoms with E-state index >= 15 is 0 Å². The SMILES string of the molecule is CC(C)(C)OC(=O)N1C2CCCC1CN(c1nc3c(Cl)ccc(Br)c3o1)C2. The number of amides is 1. The smallest absolute Gasteiger partial charge is 0.410 e. The molecule has 2 atom stereocenters. The molecule has 2 unspecified atom stereocenters. The number of fused-ring (bicyclic) bond motifs is 3. The number of benzene rings is 1. The number of aromatic nitrogens is 1. The van der Waals surface area contributed by atoms with Crippen molar-refractivity contribution in [3.8, 4) is 0 Å². The van der Waals surface area contributed by atoms with E-state index < -0.39 is 5.60 Å². The summed E-state index contributed by atoms with van der Waals surface area (Å²) in [5.41, 5.74) is 0.809. The third-order valence-electron chi connectivity index (χ3n) is 5.03. The molecule has 2 saturated heterocycles. The Morgan fingerprint density at radius 2 is 1.96 bits per heavy atom. The summed E-state index contributed by atoms with van der Waals surface area (Å²) in [6, 6.07) is 4.41. The first-order valence-corrected chi connectivity index (χ1v) is 10.4. The number of hydrogen-bond acceptors (Lipinski definition) is 5. The molecule has 0 spiro atoms. The Morgan fingerprint density at radius 3 is 2.56 bits per heavy atom. The standard InChI is InChI=1S/C19H23BrClN3O3/c1-19(2,3)27-18(25)24-11-5-4-6-12(24)10-23(9-11)17-22-15-14(21)8-7-13(20)16(15)26-17/h7-8,11-12H,4-6,9-10H2,1-3H3. The Balaban J connectivity index is 1.59. The maximum atomic E-state index is 12.7. The van der Waals surface area contributed by atoms with Crippen molar-refractivity contribution in [3.05, 3.63) is 21.6 Å². The summed E-state index contributed by atoms with van der Waals surface area (Å²) in [6.45, 7) is 7.06. The fourth-order valence-electron chi connectivity index (χ4n) is 3.95. The third-order valence-corrected chi connectivity index (χ3v) is 5.96. The topological polar surface area (TPSA) is 58.8 Å². The van der Waals surface area contributed by atoms with Crippen molar-refractivity contribution in [1.82, 2.24) is 9.88 Å². The summed E-state index contributed by atoms with van der Waals surface area (Å²) in [5.74, 6) is 0. The molecule has 2 fully saturated rings. The minimum absolute atomic E-state index is 0.0984. The minimum Gasteiger partial charge on any atom is -0.444 e. The van der Waals surface area contributed by atoms with Crippen LogP contribution >= 0.6 is 27.5 Å². The minimum atomic E-state index is -0.494. The molecule has 1 amide bonds. The summed E-state index contributed by atoms with van der Waals surface area (Å²) in [7, 11) is 0. The van der Waals surface area contributed by atoms with Crippen molar-refractivity contribution in [2.75, 3.05) is 18.0 Å². The lowest BCUT2D eigenvalue weighted by atomic mass is 9.92. The average molecular weight is 457 g/mol. The van der Waals surface area contributed by atoms with Gasteiger partial charge in [0.2, 0.25) is 0 Å². The second-order valence-electron chi connectivity index (χ2n) is 8.23. The normalized spacial score (nSPS) is 23.0. The van der Waals surface area contributed by atoms with Crippen molar-refractivity contribution in [1.29, 1.82) is 0 Å². The summed E-state index contributed by atoms with van der Waals surface area (Å²) < 4.78 is 12.5. The highest BCUT2D eigenvalue weighted by molar-refractivity contribution is 9.10. The lowest BCUT2D eigenvalue weighted by Gasteiger charge is -2.49. The second-order valence-corrected chi connectivity index (χ2v) is 9.50. The number of rotatable bonds is 1. The van der Waals surface area contributed by atoms with E-state index in [2.05, 4.69) is 25.8 Å². The highest BCUT2D eigenvalue weighted by atomic mass is 79.9. The van der Waals surface area contributed by atoms with Gasteiger partial charge in [0.05, 0.1) is 21.6 Å². The van der Waals surface area contributed by atoms with E-state index in [0.29, 0.717) is 35.2 Å². The van der Waals surface area contributed by atoms with E-state index in [1.165, 1.54) is 0 Å². The molecule has 2 bridgehead atoms. The number of carbonyl (C=O) groups is 1. The molecule has 0 N–H and O–H groups in total. The van der Waals surface area contributed by atoms with Crippen LogP contribution in [-0.4, -0.2) is 46.8 Å². The van der Waals surface area contributed by atoms with Gasteiger partial charge in [-0.25, -0.2) is 4.79 Å². The van der Waals surface area contributed by atoms with E-state index in [1.807, 2.05) is 31.7 Å². The Bertz CT molecular complexity index is 826. The van der Waals surface area contributed by atoms with E-state index in [9.17, 15) is 4.79 Å². The number of nitrogens with zero attached hydrogens (tertiary/aromatic N) is 3. The molecule has 2 aromatic rings. The zero-order chi connectivity index (χ0) is 19.3. The first-order valence-electron chi connectivity index (χ1n) is 9.24. The van der Waals surface area contributed by atoms with Gasteiger partial charge >= 0.3 is 6.09 Å². The Kier molecular flexibility index (Phi) is 4.79. The number of ether oxygens (including phenoxy) is 1. The number of oxazole rings is 1. The van der Waals surface area contributed by atoms with E-state index in [-0.39, 0.29) is 18.2 Å². The molecule has 4 rings (SSSR count). The van der Waals surface area contributed by atoms with E-state index in [4.69, 9.17) is 20.8 Å². The molecule has 2 aliphatic rings. The second kappa shape index (κ2) is 6.85. The van der Waals surface area contributed by atoms with Crippen LogP contribution in [0.15, 0.2) is 21.0 Å².